The summed E-state index contributed by atoms with van der Waals surface area (Å²) in [5.74, 6) is 1.44. The number of benzene rings is 2. The van der Waals surface area contributed by atoms with Crippen molar-refractivity contribution in [1.82, 2.24) is 10.1 Å². The van der Waals surface area contributed by atoms with Gasteiger partial charge in [-0.3, -0.25) is 10.1 Å². The molecule has 122 valence electrons. The molecular weight excluding hydrogens is 310 g/mol. The SMILES string of the molecule is Cc1noc(COc2ccc([N+](=O)[O-])cc2Cc2ccccc2)n1. The van der Waals surface area contributed by atoms with Crippen LogP contribution in [0.15, 0.2) is 53.1 Å². The fraction of sp³-hybridized carbons (Fsp3) is 0.176. The minimum Gasteiger partial charge on any atom is -0.483 e. The van der Waals surface area contributed by atoms with Crippen LogP contribution >= 0.6 is 0 Å². The smallest absolute Gasteiger partial charge is 0.269 e. The lowest BCUT2D eigenvalue weighted by Crippen LogP contribution is -2.01. The van der Waals surface area contributed by atoms with E-state index in [1.54, 1.807) is 13.0 Å². The molecule has 0 saturated heterocycles. The van der Waals surface area contributed by atoms with Crippen LogP contribution < -0.4 is 4.74 Å². The van der Waals surface area contributed by atoms with Gasteiger partial charge in [0, 0.05) is 24.1 Å². The largest absolute Gasteiger partial charge is 0.483 e. The molecule has 7 heteroatoms. The second-order valence-corrected chi connectivity index (χ2v) is 5.24. The molecule has 0 bridgehead atoms. The summed E-state index contributed by atoms with van der Waals surface area (Å²) in [6.45, 7) is 1.83. The maximum atomic E-state index is 11.0. The van der Waals surface area contributed by atoms with Crippen LogP contribution in [0.2, 0.25) is 0 Å². The first-order valence-electron chi connectivity index (χ1n) is 7.35. The number of hydrogen-bond acceptors (Lipinski definition) is 6. The van der Waals surface area contributed by atoms with E-state index in [4.69, 9.17) is 9.26 Å². The quantitative estimate of drug-likeness (QED) is 0.509. The zero-order valence-corrected chi connectivity index (χ0v) is 13.0. The topological polar surface area (TPSA) is 91.3 Å². The van der Waals surface area contributed by atoms with Crippen LogP contribution in [-0.2, 0) is 13.0 Å². The summed E-state index contributed by atoms with van der Waals surface area (Å²) in [5, 5.41) is 14.7. The van der Waals surface area contributed by atoms with Crippen LogP contribution in [0.5, 0.6) is 5.75 Å². The summed E-state index contributed by atoms with van der Waals surface area (Å²) < 4.78 is 10.7. The Balaban J connectivity index is 1.84. The molecule has 24 heavy (non-hydrogen) atoms. The molecule has 0 amide bonds. The lowest BCUT2D eigenvalue weighted by Gasteiger charge is -2.10. The fourth-order valence-electron chi connectivity index (χ4n) is 2.31. The first kappa shape index (κ1) is 15.7. The highest BCUT2D eigenvalue weighted by Crippen LogP contribution is 2.27. The molecule has 0 fully saturated rings. The fourth-order valence-corrected chi connectivity index (χ4v) is 2.31. The van der Waals surface area contributed by atoms with E-state index in [-0.39, 0.29) is 12.3 Å². The van der Waals surface area contributed by atoms with Gasteiger partial charge in [0.25, 0.3) is 11.6 Å². The van der Waals surface area contributed by atoms with E-state index in [2.05, 4.69) is 10.1 Å². The lowest BCUT2D eigenvalue weighted by molar-refractivity contribution is -0.384. The summed E-state index contributed by atoms with van der Waals surface area (Å²) in [4.78, 5) is 14.7. The molecule has 0 N–H and O–H groups in total. The number of nitro benzene ring substituents is 1. The Morgan fingerprint density at radius 1 is 1.21 bits per heavy atom. The van der Waals surface area contributed by atoms with Crippen molar-refractivity contribution in [2.75, 3.05) is 0 Å². The van der Waals surface area contributed by atoms with Crippen LogP contribution in [0, 0.1) is 17.0 Å². The van der Waals surface area contributed by atoms with Gasteiger partial charge in [-0.2, -0.15) is 4.98 Å². The number of aromatic nitrogens is 2. The van der Waals surface area contributed by atoms with Crippen LogP contribution in [0.3, 0.4) is 0 Å². The molecule has 0 unspecified atom stereocenters. The van der Waals surface area contributed by atoms with Crippen LogP contribution in [-0.4, -0.2) is 15.1 Å². The van der Waals surface area contributed by atoms with E-state index in [1.807, 2.05) is 30.3 Å². The molecular formula is C17H15N3O4. The highest BCUT2D eigenvalue weighted by molar-refractivity contribution is 5.46. The first-order valence-corrected chi connectivity index (χ1v) is 7.35. The van der Waals surface area contributed by atoms with Crippen LogP contribution in [0.4, 0.5) is 5.69 Å². The van der Waals surface area contributed by atoms with E-state index >= 15 is 0 Å². The van der Waals surface area contributed by atoms with E-state index in [1.165, 1.54) is 12.1 Å². The summed E-state index contributed by atoms with van der Waals surface area (Å²) >= 11 is 0. The Bertz CT molecular complexity index is 846. The zero-order valence-electron chi connectivity index (χ0n) is 13.0. The Morgan fingerprint density at radius 2 is 2.00 bits per heavy atom. The van der Waals surface area contributed by atoms with Crippen molar-refractivity contribution in [2.45, 2.75) is 20.0 Å². The Labute approximate surface area is 138 Å². The third kappa shape index (κ3) is 3.75. The van der Waals surface area contributed by atoms with Gasteiger partial charge < -0.3 is 9.26 Å². The normalized spacial score (nSPS) is 10.5. The average Bonchev–Trinajstić information content (AvgIpc) is 3.00. The van der Waals surface area contributed by atoms with Crippen molar-refractivity contribution in [2.24, 2.45) is 0 Å². The molecule has 0 atom stereocenters. The third-order valence-corrected chi connectivity index (χ3v) is 3.41. The molecule has 0 spiro atoms. The summed E-state index contributed by atoms with van der Waals surface area (Å²) in [5.41, 5.74) is 1.80. The van der Waals surface area contributed by atoms with E-state index in [0.717, 1.165) is 11.1 Å². The van der Waals surface area contributed by atoms with Gasteiger partial charge in [-0.25, -0.2) is 0 Å². The molecule has 3 aromatic rings. The van der Waals surface area contributed by atoms with E-state index in [0.29, 0.717) is 23.9 Å². The second-order valence-electron chi connectivity index (χ2n) is 5.24. The van der Waals surface area contributed by atoms with Gasteiger partial charge in [0.1, 0.15) is 5.75 Å². The molecule has 7 nitrogen and oxygen atoms in total. The van der Waals surface area contributed by atoms with Crippen molar-refractivity contribution in [3.63, 3.8) is 0 Å². The van der Waals surface area contributed by atoms with Crippen LogP contribution in [0.1, 0.15) is 22.8 Å². The molecule has 0 radical (unpaired) electrons. The average molecular weight is 325 g/mol. The monoisotopic (exact) mass is 325 g/mol. The highest BCUT2D eigenvalue weighted by atomic mass is 16.6. The summed E-state index contributed by atoms with van der Waals surface area (Å²) in [6, 6.07) is 14.2. The third-order valence-electron chi connectivity index (χ3n) is 3.41. The van der Waals surface area contributed by atoms with Gasteiger partial charge in [-0.15, -0.1) is 0 Å². The van der Waals surface area contributed by atoms with Crippen molar-refractivity contribution in [3.05, 3.63) is 81.5 Å². The molecule has 2 aromatic carbocycles. The minimum absolute atomic E-state index is 0.0296. The van der Waals surface area contributed by atoms with Crippen molar-refractivity contribution in [1.29, 1.82) is 0 Å². The molecule has 1 aromatic heterocycles. The number of nitrogens with zero attached hydrogens (tertiary/aromatic N) is 3. The summed E-state index contributed by atoms with van der Waals surface area (Å²) in [6.07, 6.45) is 0.528. The van der Waals surface area contributed by atoms with E-state index < -0.39 is 4.92 Å². The molecule has 0 saturated carbocycles. The number of aryl methyl sites for hydroxylation is 1. The summed E-state index contributed by atoms with van der Waals surface area (Å²) in [7, 11) is 0. The molecule has 0 aliphatic carbocycles. The Morgan fingerprint density at radius 3 is 2.67 bits per heavy atom. The molecule has 3 rings (SSSR count). The van der Waals surface area contributed by atoms with Gasteiger partial charge in [-0.05, 0) is 18.6 Å². The van der Waals surface area contributed by atoms with Gasteiger partial charge in [0.15, 0.2) is 12.4 Å². The van der Waals surface area contributed by atoms with Gasteiger partial charge in [-0.1, -0.05) is 35.5 Å². The second kappa shape index (κ2) is 6.91. The molecule has 1 heterocycles. The standard InChI is InChI=1S/C17H15N3O4/c1-12-18-17(24-19-12)11-23-16-8-7-15(20(21)22)10-14(16)9-13-5-3-2-4-6-13/h2-8,10H,9,11H2,1H3. The predicted octanol–water partition coefficient (Wildman–Crippen LogP) is 3.46. The minimum atomic E-state index is -0.417. The zero-order chi connectivity index (χ0) is 16.9. The van der Waals surface area contributed by atoms with Gasteiger partial charge >= 0.3 is 0 Å². The van der Waals surface area contributed by atoms with Gasteiger partial charge in [0.05, 0.1) is 4.92 Å². The van der Waals surface area contributed by atoms with Crippen molar-refractivity contribution >= 4 is 5.69 Å². The Kier molecular flexibility index (Phi) is 4.51. The lowest BCUT2D eigenvalue weighted by atomic mass is 10.0. The Hall–Kier alpha value is -3.22. The van der Waals surface area contributed by atoms with Crippen molar-refractivity contribution in [3.8, 4) is 5.75 Å². The van der Waals surface area contributed by atoms with Crippen LogP contribution in [0.25, 0.3) is 0 Å². The number of nitro groups is 1. The molecule has 0 aliphatic heterocycles. The number of non-ortho nitro benzene ring substituents is 1. The number of ether oxygens (including phenoxy) is 1. The van der Waals surface area contributed by atoms with Gasteiger partial charge in [0.2, 0.25) is 0 Å². The number of rotatable bonds is 6. The maximum Gasteiger partial charge on any atom is 0.269 e. The molecule has 0 aliphatic rings. The predicted molar refractivity (Wildman–Crippen MR) is 85.7 cm³/mol. The highest BCUT2D eigenvalue weighted by Gasteiger charge is 2.13. The number of hydrogen-bond donors (Lipinski definition) is 0. The van der Waals surface area contributed by atoms with Crippen molar-refractivity contribution < 1.29 is 14.2 Å². The van der Waals surface area contributed by atoms with E-state index in [9.17, 15) is 10.1 Å². The maximum absolute atomic E-state index is 11.0. The first-order chi connectivity index (χ1) is 11.6.